The van der Waals surface area contributed by atoms with E-state index in [0.29, 0.717) is 0 Å². The zero-order valence-corrected chi connectivity index (χ0v) is 12.1. The first-order valence-electron chi connectivity index (χ1n) is 5.81. The summed E-state index contributed by atoms with van der Waals surface area (Å²) in [5.74, 6) is -60.6. The van der Waals surface area contributed by atoms with Crippen molar-refractivity contribution in [1.29, 1.82) is 0 Å². The van der Waals surface area contributed by atoms with Gasteiger partial charge in [-0.2, -0.15) is 83.4 Å². The van der Waals surface area contributed by atoms with Gasteiger partial charge in [0.15, 0.2) is 0 Å². The molecule has 0 atom stereocenters. The molecule has 0 aromatic heterocycles. The first-order valence-corrected chi connectivity index (χ1v) is 5.81. The van der Waals surface area contributed by atoms with Gasteiger partial charge < -0.3 is 5.11 Å². The topological polar surface area (TPSA) is 20.2 Å². The first kappa shape index (κ1) is 27.6. The van der Waals surface area contributed by atoms with Gasteiger partial charge in [0.2, 0.25) is 0 Å². The van der Waals surface area contributed by atoms with Crippen LogP contribution in [0.3, 0.4) is 0 Å². The first-order chi connectivity index (χ1) is 12.0. The molecule has 0 aliphatic carbocycles. The lowest BCUT2D eigenvalue weighted by Crippen LogP contribution is -2.75. The maximum Gasteiger partial charge on any atom is 0.460 e. The molecule has 0 spiro atoms. The third-order valence-electron chi connectivity index (χ3n) is 3.10. The molecular weight excluding hydrogens is 485 g/mol. The third-order valence-corrected chi connectivity index (χ3v) is 3.10. The third kappa shape index (κ3) is 3.24. The Bertz CT molecular complexity index is 554. The molecule has 176 valence electrons. The maximum atomic E-state index is 13.0. The summed E-state index contributed by atoms with van der Waals surface area (Å²) >= 11 is 0. The van der Waals surface area contributed by atoms with Crippen LogP contribution in [0.4, 0.5) is 83.4 Å². The zero-order chi connectivity index (χ0) is 24.5. The summed E-state index contributed by atoms with van der Waals surface area (Å²) in [6, 6.07) is 0. The average molecular weight is 486 g/mol. The van der Waals surface area contributed by atoms with E-state index in [1.165, 1.54) is 0 Å². The van der Waals surface area contributed by atoms with Gasteiger partial charge in [-0.05, 0) is 0 Å². The van der Waals surface area contributed by atoms with Crippen LogP contribution in [0.5, 0.6) is 0 Å². The van der Waals surface area contributed by atoms with Crippen molar-refractivity contribution in [3.05, 3.63) is 0 Å². The van der Waals surface area contributed by atoms with E-state index in [9.17, 15) is 83.4 Å². The van der Waals surface area contributed by atoms with E-state index in [4.69, 9.17) is 5.11 Å². The van der Waals surface area contributed by atoms with E-state index in [0.717, 1.165) is 0 Å². The minimum Gasteiger partial charge on any atom is -0.331 e. The SMILES string of the molecule is OC(F)(F)C(F)(F)C(F)(F)C(F)(F)C(F)(F)C(F)(F)C(F)(F)C(F)(F)C(F)(F)F. The Labute approximate surface area is 144 Å². The van der Waals surface area contributed by atoms with Gasteiger partial charge in [-0.3, -0.25) is 0 Å². The highest BCUT2D eigenvalue weighted by Crippen LogP contribution is 2.64. The smallest absolute Gasteiger partial charge is 0.331 e. The van der Waals surface area contributed by atoms with Crippen molar-refractivity contribution in [2.24, 2.45) is 0 Å². The van der Waals surface area contributed by atoms with Crippen LogP contribution in [0.15, 0.2) is 0 Å². The van der Waals surface area contributed by atoms with Crippen molar-refractivity contribution in [2.45, 2.75) is 53.7 Å². The highest BCUT2D eigenvalue weighted by Gasteiger charge is 2.96. The molecule has 29 heavy (non-hydrogen) atoms. The molecule has 0 saturated carbocycles. The van der Waals surface area contributed by atoms with Crippen molar-refractivity contribution in [1.82, 2.24) is 0 Å². The van der Waals surface area contributed by atoms with Gasteiger partial charge in [-0.15, -0.1) is 0 Å². The quantitative estimate of drug-likeness (QED) is 0.467. The van der Waals surface area contributed by atoms with Gasteiger partial charge in [-0.1, -0.05) is 0 Å². The van der Waals surface area contributed by atoms with Crippen LogP contribution in [-0.2, 0) is 0 Å². The van der Waals surface area contributed by atoms with E-state index in [1.54, 1.807) is 0 Å². The summed E-state index contributed by atoms with van der Waals surface area (Å²) in [5, 5.41) is 7.36. The van der Waals surface area contributed by atoms with Crippen LogP contribution < -0.4 is 0 Å². The molecule has 0 amide bonds. The molecule has 20 heteroatoms. The van der Waals surface area contributed by atoms with Gasteiger partial charge in [-0.25, -0.2) is 0 Å². The summed E-state index contributed by atoms with van der Waals surface area (Å²) in [7, 11) is 0. The molecule has 0 saturated heterocycles. The van der Waals surface area contributed by atoms with Crippen LogP contribution in [0, 0.1) is 0 Å². The van der Waals surface area contributed by atoms with E-state index in [2.05, 4.69) is 0 Å². The number of halogens is 19. The Balaban J connectivity index is 6.82. The maximum absolute atomic E-state index is 13.0. The summed E-state index contributed by atoms with van der Waals surface area (Å²) < 4.78 is 238. The predicted molar refractivity (Wildman–Crippen MR) is 47.8 cm³/mol. The Hall–Kier alpha value is -1.37. The molecular formula is C9HF19O. The number of hydrogen-bond acceptors (Lipinski definition) is 1. The van der Waals surface area contributed by atoms with Crippen LogP contribution in [0.2, 0.25) is 0 Å². The number of hydrogen-bond donors (Lipinski definition) is 1. The van der Waals surface area contributed by atoms with Gasteiger partial charge in [0, 0.05) is 0 Å². The van der Waals surface area contributed by atoms with Crippen molar-refractivity contribution < 1.29 is 88.5 Å². The second kappa shape index (κ2) is 6.32. The monoisotopic (exact) mass is 486 g/mol. The van der Waals surface area contributed by atoms with E-state index in [-0.39, 0.29) is 0 Å². The Morgan fingerprint density at radius 1 is 0.276 bits per heavy atom. The molecule has 1 nitrogen and oxygen atoms in total. The fourth-order valence-corrected chi connectivity index (χ4v) is 1.35. The average Bonchev–Trinajstić information content (AvgIpc) is 2.43. The normalized spacial score (nSPS) is 17.0. The fourth-order valence-electron chi connectivity index (χ4n) is 1.35. The molecule has 1 N–H and O–H groups in total. The molecule has 0 aliphatic heterocycles. The lowest BCUT2D eigenvalue weighted by molar-refractivity contribution is -0.478. The molecule has 0 rings (SSSR count). The Morgan fingerprint density at radius 3 is 0.621 bits per heavy atom. The van der Waals surface area contributed by atoms with Gasteiger partial charge in [0.05, 0.1) is 0 Å². The number of alkyl halides is 19. The van der Waals surface area contributed by atoms with Crippen molar-refractivity contribution in [3.8, 4) is 0 Å². The molecule has 0 radical (unpaired) electrons. The lowest BCUT2D eigenvalue weighted by atomic mass is 9.88. The standard InChI is InChI=1S/C9HF19O/c10-1(11,2(12,13)4(16,17)6(20,21)8(24,25)26)3(14,15)5(18,19)7(22,23)9(27,28)29/h29H. The summed E-state index contributed by atoms with van der Waals surface area (Å²) in [5.41, 5.74) is 0. The second-order valence-electron chi connectivity index (χ2n) is 5.06. The second-order valence-corrected chi connectivity index (χ2v) is 5.06. The lowest BCUT2D eigenvalue weighted by Gasteiger charge is -2.43. The zero-order valence-electron chi connectivity index (χ0n) is 12.1. The Kier molecular flexibility index (Phi) is 6.02. The minimum atomic E-state index is -8.96. The summed E-state index contributed by atoms with van der Waals surface area (Å²) in [6.45, 7) is 0. The van der Waals surface area contributed by atoms with Crippen molar-refractivity contribution >= 4 is 0 Å². The van der Waals surface area contributed by atoms with Crippen LogP contribution in [0.1, 0.15) is 0 Å². The summed E-state index contributed by atoms with van der Waals surface area (Å²) in [6.07, 6.45) is -15.3. The van der Waals surface area contributed by atoms with Gasteiger partial charge in [0.25, 0.3) is 0 Å². The Morgan fingerprint density at radius 2 is 0.448 bits per heavy atom. The van der Waals surface area contributed by atoms with Crippen LogP contribution in [-0.4, -0.2) is 58.8 Å². The molecule has 0 aromatic carbocycles. The van der Waals surface area contributed by atoms with Crippen molar-refractivity contribution in [2.75, 3.05) is 0 Å². The highest BCUT2D eigenvalue weighted by molar-refractivity contribution is 5.15. The number of rotatable bonds is 7. The van der Waals surface area contributed by atoms with Crippen LogP contribution >= 0.6 is 0 Å². The van der Waals surface area contributed by atoms with E-state index < -0.39 is 53.7 Å². The largest absolute Gasteiger partial charge is 0.460 e. The highest BCUT2D eigenvalue weighted by atomic mass is 19.4. The molecule has 0 aliphatic rings. The fraction of sp³-hybridized carbons (Fsp3) is 1.00. The summed E-state index contributed by atoms with van der Waals surface area (Å²) in [4.78, 5) is 0. The molecule has 0 fully saturated rings. The number of aliphatic hydroxyl groups is 1. The van der Waals surface area contributed by atoms with Crippen LogP contribution in [0.25, 0.3) is 0 Å². The minimum absolute atomic E-state index is 7.36. The predicted octanol–water partition coefficient (Wildman–Crippen LogP) is 5.58. The van der Waals surface area contributed by atoms with E-state index >= 15 is 0 Å². The van der Waals surface area contributed by atoms with Crippen molar-refractivity contribution in [3.63, 3.8) is 0 Å². The van der Waals surface area contributed by atoms with Gasteiger partial charge in [0.1, 0.15) is 0 Å². The molecule has 0 unspecified atom stereocenters. The molecule has 0 heterocycles. The molecule has 0 bridgehead atoms. The van der Waals surface area contributed by atoms with Gasteiger partial charge >= 0.3 is 53.7 Å². The van der Waals surface area contributed by atoms with E-state index in [1.807, 2.05) is 0 Å². The molecule has 0 aromatic rings.